The average molecular weight is 465 g/mol. The van der Waals surface area contributed by atoms with Crippen molar-refractivity contribution in [2.75, 3.05) is 5.32 Å². The van der Waals surface area contributed by atoms with Gasteiger partial charge in [-0.05, 0) is 42.3 Å². The lowest BCUT2D eigenvalue weighted by Crippen LogP contribution is -2.31. The second-order valence-electron chi connectivity index (χ2n) is 7.47. The van der Waals surface area contributed by atoms with Gasteiger partial charge in [0.25, 0.3) is 11.5 Å². The van der Waals surface area contributed by atoms with Crippen molar-refractivity contribution in [3.8, 4) is 5.75 Å². The first-order chi connectivity index (χ1) is 15.7. The third-order valence-electron chi connectivity index (χ3n) is 5.10. The van der Waals surface area contributed by atoms with Crippen molar-refractivity contribution >= 4 is 32.7 Å². The summed E-state index contributed by atoms with van der Waals surface area (Å²) in [6, 6.07) is 16.5. The summed E-state index contributed by atoms with van der Waals surface area (Å²) in [5.74, 6) is -1.52. The van der Waals surface area contributed by atoms with Crippen LogP contribution in [0.1, 0.15) is 21.5 Å². The van der Waals surface area contributed by atoms with Gasteiger partial charge in [0.1, 0.15) is 21.9 Å². The van der Waals surface area contributed by atoms with E-state index in [4.69, 9.17) is 5.14 Å². The zero-order valence-corrected chi connectivity index (χ0v) is 18.3. The number of nitrogens with one attached hydrogen (secondary N) is 1. The number of sulfonamides is 1. The van der Waals surface area contributed by atoms with Crippen molar-refractivity contribution in [1.82, 2.24) is 9.55 Å². The van der Waals surface area contributed by atoms with Gasteiger partial charge in [-0.25, -0.2) is 18.5 Å². The summed E-state index contributed by atoms with van der Waals surface area (Å²) in [7, 11) is -4.16. The van der Waals surface area contributed by atoms with Crippen molar-refractivity contribution in [3.05, 3.63) is 93.9 Å². The van der Waals surface area contributed by atoms with Gasteiger partial charge >= 0.3 is 0 Å². The molecule has 2 aromatic carbocycles. The molecule has 0 aliphatic carbocycles. The number of anilines is 1. The van der Waals surface area contributed by atoms with Gasteiger partial charge in [-0.3, -0.25) is 14.2 Å². The Bertz CT molecular complexity index is 1550. The van der Waals surface area contributed by atoms with E-state index in [9.17, 15) is 23.1 Å². The van der Waals surface area contributed by atoms with Crippen LogP contribution in [0.4, 0.5) is 5.69 Å². The molecule has 0 atom stereocenters. The SMILES string of the molecule is Cc1ccc(NC(=O)c2c(O)c3cccnc3n(Cc3ccccc3)c2=O)c(S(N)(=O)=O)c1. The van der Waals surface area contributed by atoms with Gasteiger partial charge in [0.05, 0.1) is 17.6 Å². The van der Waals surface area contributed by atoms with Crippen LogP contribution >= 0.6 is 0 Å². The van der Waals surface area contributed by atoms with Crippen LogP contribution in [0.2, 0.25) is 0 Å². The maximum atomic E-state index is 13.3. The van der Waals surface area contributed by atoms with E-state index < -0.39 is 32.8 Å². The fourth-order valence-corrected chi connectivity index (χ4v) is 4.31. The quantitative estimate of drug-likeness (QED) is 0.413. The molecule has 10 heteroatoms. The molecule has 0 saturated heterocycles. The van der Waals surface area contributed by atoms with Crippen LogP contribution in [-0.2, 0) is 16.6 Å². The van der Waals surface area contributed by atoms with Crippen LogP contribution < -0.4 is 16.0 Å². The molecule has 4 aromatic rings. The van der Waals surface area contributed by atoms with Crippen molar-refractivity contribution < 1.29 is 18.3 Å². The number of benzene rings is 2. The summed E-state index contributed by atoms with van der Waals surface area (Å²) in [4.78, 5) is 30.4. The largest absolute Gasteiger partial charge is 0.506 e. The summed E-state index contributed by atoms with van der Waals surface area (Å²) in [5, 5.41) is 18.7. The van der Waals surface area contributed by atoms with E-state index >= 15 is 0 Å². The number of fused-ring (bicyclic) bond motifs is 1. The van der Waals surface area contributed by atoms with E-state index in [1.54, 1.807) is 19.1 Å². The summed E-state index contributed by atoms with van der Waals surface area (Å²) in [5.41, 5.74) is 0.200. The molecular formula is C23H20N4O5S. The maximum Gasteiger partial charge on any atom is 0.269 e. The number of aromatic nitrogens is 2. The Labute approximate surface area is 189 Å². The highest BCUT2D eigenvalue weighted by molar-refractivity contribution is 7.89. The predicted octanol–water partition coefficient (Wildman–Crippen LogP) is 2.36. The maximum absolute atomic E-state index is 13.3. The third-order valence-corrected chi connectivity index (χ3v) is 6.05. The number of pyridine rings is 2. The number of rotatable bonds is 5. The van der Waals surface area contributed by atoms with E-state index in [1.165, 1.54) is 29.0 Å². The summed E-state index contributed by atoms with van der Waals surface area (Å²) < 4.78 is 25.3. The lowest BCUT2D eigenvalue weighted by atomic mass is 10.1. The molecule has 0 radical (unpaired) electrons. The molecule has 9 nitrogen and oxygen atoms in total. The molecule has 0 saturated carbocycles. The third kappa shape index (κ3) is 4.34. The first-order valence-electron chi connectivity index (χ1n) is 9.86. The fraction of sp³-hybridized carbons (Fsp3) is 0.0870. The predicted molar refractivity (Wildman–Crippen MR) is 124 cm³/mol. The van der Waals surface area contributed by atoms with E-state index in [2.05, 4.69) is 10.3 Å². The molecule has 0 unspecified atom stereocenters. The zero-order valence-electron chi connectivity index (χ0n) is 17.5. The van der Waals surface area contributed by atoms with Crippen LogP contribution in [0, 0.1) is 6.92 Å². The van der Waals surface area contributed by atoms with Crippen molar-refractivity contribution in [2.24, 2.45) is 5.14 Å². The van der Waals surface area contributed by atoms with Crippen molar-refractivity contribution in [3.63, 3.8) is 0 Å². The van der Waals surface area contributed by atoms with Crippen molar-refractivity contribution in [2.45, 2.75) is 18.4 Å². The van der Waals surface area contributed by atoms with E-state index in [0.717, 1.165) is 5.56 Å². The van der Waals surface area contributed by atoms with Gasteiger partial charge in [-0.15, -0.1) is 0 Å². The van der Waals surface area contributed by atoms with Crippen LogP contribution in [0.5, 0.6) is 5.75 Å². The van der Waals surface area contributed by atoms with Gasteiger partial charge in [0.2, 0.25) is 10.0 Å². The number of nitrogens with zero attached hydrogens (tertiary/aromatic N) is 2. The molecule has 2 aromatic heterocycles. The number of amides is 1. The highest BCUT2D eigenvalue weighted by Gasteiger charge is 2.25. The van der Waals surface area contributed by atoms with E-state index in [-0.39, 0.29) is 28.2 Å². The molecule has 4 N–H and O–H groups in total. The Morgan fingerprint density at radius 2 is 1.85 bits per heavy atom. The number of hydrogen-bond acceptors (Lipinski definition) is 6. The van der Waals surface area contributed by atoms with E-state index in [1.807, 2.05) is 30.3 Å². The Morgan fingerprint density at radius 1 is 1.12 bits per heavy atom. The second kappa shape index (κ2) is 8.49. The van der Waals surface area contributed by atoms with Gasteiger partial charge in [0.15, 0.2) is 0 Å². The Balaban J connectivity index is 1.87. The minimum atomic E-state index is -4.16. The lowest BCUT2D eigenvalue weighted by molar-refractivity contribution is 0.102. The number of carbonyl (C=O) groups is 1. The summed E-state index contributed by atoms with van der Waals surface area (Å²) >= 11 is 0. The van der Waals surface area contributed by atoms with Gasteiger partial charge in [0, 0.05) is 6.20 Å². The lowest BCUT2D eigenvalue weighted by Gasteiger charge is -2.15. The van der Waals surface area contributed by atoms with E-state index in [0.29, 0.717) is 5.56 Å². The zero-order chi connectivity index (χ0) is 23.8. The van der Waals surface area contributed by atoms with Crippen LogP contribution in [-0.4, -0.2) is 29.0 Å². The number of nitrogens with two attached hydrogens (primary N) is 1. The standard InChI is InChI=1S/C23H20N4O5S/c1-14-9-10-17(18(12-14)33(24,31)32)26-22(29)19-20(28)16-8-5-11-25-21(16)27(23(19)30)13-15-6-3-2-4-7-15/h2-12,28H,13H2,1H3,(H,26,29)(H2,24,31,32). The molecule has 33 heavy (non-hydrogen) atoms. The molecular weight excluding hydrogens is 444 g/mol. The average Bonchev–Trinajstić information content (AvgIpc) is 2.78. The number of carbonyl (C=O) groups excluding carboxylic acids is 1. The van der Waals surface area contributed by atoms with Crippen LogP contribution in [0.15, 0.2) is 76.6 Å². The van der Waals surface area contributed by atoms with Crippen LogP contribution in [0.3, 0.4) is 0 Å². The molecule has 0 fully saturated rings. The van der Waals surface area contributed by atoms with Crippen LogP contribution in [0.25, 0.3) is 11.0 Å². The summed E-state index contributed by atoms with van der Waals surface area (Å²) in [6.45, 7) is 1.78. The number of aryl methyl sites for hydroxylation is 1. The normalized spacial score (nSPS) is 11.5. The topological polar surface area (TPSA) is 144 Å². The Morgan fingerprint density at radius 3 is 2.55 bits per heavy atom. The van der Waals surface area contributed by atoms with Gasteiger partial charge < -0.3 is 10.4 Å². The molecule has 1 amide bonds. The fourth-order valence-electron chi connectivity index (χ4n) is 3.53. The molecule has 168 valence electrons. The van der Waals surface area contributed by atoms with Gasteiger partial charge in [-0.1, -0.05) is 36.4 Å². The Hall–Kier alpha value is -4.02. The molecule has 0 aliphatic rings. The molecule has 0 aliphatic heterocycles. The highest BCUT2D eigenvalue weighted by atomic mass is 32.2. The smallest absolute Gasteiger partial charge is 0.269 e. The monoisotopic (exact) mass is 464 g/mol. The number of primary sulfonamides is 1. The number of aromatic hydroxyl groups is 1. The van der Waals surface area contributed by atoms with Gasteiger partial charge in [-0.2, -0.15) is 0 Å². The summed E-state index contributed by atoms with van der Waals surface area (Å²) in [6.07, 6.45) is 1.48. The highest BCUT2D eigenvalue weighted by Crippen LogP contribution is 2.27. The Kier molecular flexibility index (Phi) is 5.71. The van der Waals surface area contributed by atoms with Crippen molar-refractivity contribution in [1.29, 1.82) is 0 Å². The first kappa shape index (κ1) is 22.2. The molecule has 0 bridgehead atoms. The number of hydrogen-bond donors (Lipinski definition) is 3. The minimum absolute atomic E-state index is 0.104. The molecule has 0 spiro atoms. The molecule has 2 heterocycles. The second-order valence-corrected chi connectivity index (χ2v) is 9.00. The minimum Gasteiger partial charge on any atom is -0.506 e. The first-order valence-corrected chi connectivity index (χ1v) is 11.4. The molecule has 4 rings (SSSR count).